The van der Waals surface area contributed by atoms with Crippen molar-refractivity contribution in [3.63, 3.8) is 0 Å². The van der Waals surface area contributed by atoms with E-state index in [2.05, 4.69) is 6.92 Å². The van der Waals surface area contributed by atoms with Gasteiger partial charge in [-0.3, -0.25) is 9.69 Å². The topological polar surface area (TPSA) is 64.8 Å². The third-order valence-electron chi connectivity index (χ3n) is 3.06. The van der Waals surface area contributed by atoms with Crippen LogP contribution in [0, 0.1) is 0 Å². The Morgan fingerprint density at radius 3 is 2.67 bits per heavy atom. The quantitative estimate of drug-likeness (QED) is 0.667. The standard InChI is InChI=1S/C16H26N2O3/c1-3-9-18(13-16(19)20-4-2)10-11-21-15-8-6-5-7-14(15)12-17/h5-8H,3-4,9-13,17H2,1-2H3. The van der Waals surface area contributed by atoms with Crippen molar-refractivity contribution in [3.05, 3.63) is 29.8 Å². The Kier molecular flexibility index (Phi) is 8.47. The summed E-state index contributed by atoms with van der Waals surface area (Å²) in [6.07, 6.45) is 0.985. The largest absolute Gasteiger partial charge is 0.492 e. The molecule has 0 aliphatic rings. The molecule has 5 heteroatoms. The summed E-state index contributed by atoms with van der Waals surface area (Å²) < 4.78 is 10.8. The lowest BCUT2D eigenvalue weighted by Gasteiger charge is -2.21. The second kappa shape index (κ2) is 10.2. The van der Waals surface area contributed by atoms with Crippen molar-refractivity contribution in [1.82, 2.24) is 4.90 Å². The number of carbonyl (C=O) groups excluding carboxylic acids is 1. The van der Waals surface area contributed by atoms with E-state index in [4.69, 9.17) is 15.2 Å². The molecule has 21 heavy (non-hydrogen) atoms. The van der Waals surface area contributed by atoms with Gasteiger partial charge in [-0.25, -0.2) is 0 Å². The number of nitrogens with zero attached hydrogens (tertiary/aromatic N) is 1. The van der Waals surface area contributed by atoms with Crippen LogP contribution in [-0.2, 0) is 16.1 Å². The summed E-state index contributed by atoms with van der Waals surface area (Å²) in [6, 6.07) is 7.74. The number of hydrogen-bond acceptors (Lipinski definition) is 5. The first-order valence-electron chi connectivity index (χ1n) is 7.50. The lowest BCUT2D eigenvalue weighted by atomic mass is 10.2. The van der Waals surface area contributed by atoms with Crippen LogP contribution in [0.1, 0.15) is 25.8 Å². The van der Waals surface area contributed by atoms with Crippen LogP contribution in [0.2, 0.25) is 0 Å². The molecule has 0 saturated heterocycles. The number of hydrogen-bond donors (Lipinski definition) is 1. The fourth-order valence-electron chi connectivity index (χ4n) is 2.07. The van der Waals surface area contributed by atoms with Crippen LogP contribution in [0.3, 0.4) is 0 Å². The first-order chi connectivity index (χ1) is 10.2. The Morgan fingerprint density at radius 2 is 2.00 bits per heavy atom. The second-order valence-corrected chi connectivity index (χ2v) is 4.74. The summed E-state index contributed by atoms with van der Waals surface area (Å²) in [5, 5.41) is 0. The van der Waals surface area contributed by atoms with Crippen molar-refractivity contribution in [2.75, 3.05) is 32.8 Å². The molecule has 1 rings (SSSR count). The maximum atomic E-state index is 11.5. The van der Waals surface area contributed by atoms with Crippen LogP contribution in [-0.4, -0.2) is 43.7 Å². The Bertz CT molecular complexity index is 424. The normalized spacial score (nSPS) is 10.7. The van der Waals surface area contributed by atoms with Gasteiger partial charge >= 0.3 is 5.97 Å². The number of benzene rings is 1. The second-order valence-electron chi connectivity index (χ2n) is 4.74. The van der Waals surface area contributed by atoms with Crippen molar-refractivity contribution in [2.24, 2.45) is 5.73 Å². The molecule has 0 spiro atoms. The lowest BCUT2D eigenvalue weighted by molar-refractivity contribution is -0.144. The monoisotopic (exact) mass is 294 g/mol. The van der Waals surface area contributed by atoms with Crippen molar-refractivity contribution >= 4 is 5.97 Å². The van der Waals surface area contributed by atoms with Crippen molar-refractivity contribution in [1.29, 1.82) is 0 Å². The summed E-state index contributed by atoms with van der Waals surface area (Å²) in [7, 11) is 0. The molecule has 0 heterocycles. The van der Waals surface area contributed by atoms with E-state index in [9.17, 15) is 4.79 Å². The molecular weight excluding hydrogens is 268 g/mol. The number of carbonyl (C=O) groups is 1. The molecule has 0 amide bonds. The van der Waals surface area contributed by atoms with Gasteiger partial charge in [-0.1, -0.05) is 25.1 Å². The van der Waals surface area contributed by atoms with E-state index in [1.54, 1.807) is 0 Å². The molecule has 0 aliphatic carbocycles. The molecular formula is C16H26N2O3. The molecule has 5 nitrogen and oxygen atoms in total. The lowest BCUT2D eigenvalue weighted by Crippen LogP contribution is -2.35. The fraction of sp³-hybridized carbons (Fsp3) is 0.562. The molecule has 0 unspecified atom stereocenters. The molecule has 0 bridgehead atoms. The average molecular weight is 294 g/mol. The zero-order valence-electron chi connectivity index (χ0n) is 13.0. The molecule has 0 aromatic heterocycles. The summed E-state index contributed by atoms with van der Waals surface area (Å²) in [4.78, 5) is 13.6. The summed E-state index contributed by atoms with van der Waals surface area (Å²) >= 11 is 0. The van der Waals surface area contributed by atoms with Crippen LogP contribution in [0.5, 0.6) is 5.75 Å². The first kappa shape index (κ1) is 17.5. The summed E-state index contributed by atoms with van der Waals surface area (Å²) in [5.41, 5.74) is 6.67. The molecule has 1 aromatic carbocycles. The Labute approximate surface area is 127 Å². The van der Waals surface area contributed by atoms with Gasteiger partial charge in [0.1, 0.15) is 12.4 Å². The van der Waals surface area contributed by atoms with Gasteiger partial charge in [0.2, 0.25) is 0 Å². The number of rotatable bonds is 10. The van der Waals surface area contributed by atoms with Crippen molar-refractivity contribution in [3.8, 4) is 5.75 Å². The van der Waals surface area contributed by atoms with Crippen LogP contribution < -0.4 is 10.5 Å². The molecule has 0 fully saturated rings. The van der Waals surface area contributed by atoms with Crippen molar-refractivity contribution in [2.45, 2.75) is 26.8 Å². The van der Waals surface area contributed by atoms with E-state index in [0.29, 0.717) is 32.8 Å². The predicted octanol–water partition coefficient (Wildman–Crippen LogP) is 1.80. The highest BCUT2D eigenvalue weighted by Crippen LogP contribution is 2.16. The minimum absolute atomic E-state index is 0.187. The highest BCUT2D eigenvalue weighted by Gasteiger charge is 2.11. The Morgan fingerprint density at radius 1 is 1.24 bits per heavy atom. The van der Waals surface area contributed by atoms with E-state index in [-0.39, 0.29) is 5.97 Å². The van der Waals surface area contributed by atoms with Gasteiger partial charge in [0.15, 0.2) is 0 Å². The highest BCUT2D eigenvalue weighted by molar-refractivity contribution is 5.71. The third-order valence-corrected chi connectivity index (χ3v) is 3.06. The van der Waals surface area contributed by atoms with Gasteiger partial charge in [-0.05, 0) is 26.0 Å². The zero-order valence-corrected chi connectivity index (χ0v) is 13.0. The molecule has 118 valence electrons. The van der Waals surface area contributed by atoms with Gasteiger partial charge in [0.25, 0.3) is 0 Å². The number of esters is 1. The van der Waals surface area contributed by atoms with E-state index >= 15 is 0 Å². The summed E-state index contributed by atoms with van der Waals surface area (Å²) in [6.45, 7) is 7.14. The highest BCUT2D eigenvalue weighted by atomic mass is 16.5. The molecule has 2 N–H and O–H groups in total. The SMILES string of the molecule is CCCN(CCOc1ccccc1CN)CC(=O)OCC. The average Bonchev–Trinajstić information content (AvgIpc) is 2.48. The maximum absolute atomic E-state index is 11.5. The number of ether oxygens (including phenoxy) is 2. The predicted molar refractivity (Wildman–Crippen MR) is 83.2 cm³/mol. The van der Waals surface area contributed by atoms with Crippen LogP contribution in [0.25, 0.3) is 0 Å². The van der Waals surface area contributed by atoms with E-state index in [1.807, 2.05) is 36.1 Å². The Balaban J connectivity index is 2.44. The van der Waals surface area contributed by atoms with Crippen molar-refractivity contribution < 1.29 is 14.3 Å². The van der Waals surface area contributed by atoms with E-state index in [1.165, 1.54) is 0 Å². The van der Waals surface area contributed by atoms with Gasteiger partial charge in [0.05, 0.1) is 13.2 Å². The molecule has 0 saturated carbocycles. The van der Waals surface area contributed by atoms with E-state index in [0.717, 1.165) is 24.3 Å². The number of para-hydroxylation sites is 1. The zero-order chi connectivity index (χ0) is 15.5. The van der Waals surface area contributed by atoms with Crippen LogP contribution in [0.4, 0.5) is 0 Å². The fourth-order valence-corrected chi connectivity index (χ4v) is 2.07. The van der Waals surface area contributed by atoms with Gasteiger partial charge < -0.3 is 15.2 Å². The maximum Gasteiger partial charge on any atom is 0.320 e. The van der Waals surface area contributed by atoms with Gasteiger partial charge in [0, 0.05) is 18.7 Å². The third kappa shape index (κ3) is 6.60. The van der Waals surface area contributed by atoms with E-state index < -0.39 is 0 Å². The van der Waals surface area contributed by atoms with Crippen LogP contribution in [0.15, 0.2) is 24.3 Å². The van der Waals surface area contributed by atoms with Gasteiger partial charge in [-0.15, -0.1) is 0 Å². The first-order valence-corrected chi connectivity index (χ1v) is 7.50. The van der Waals surface area contributed by atoms with Crippen LogP contribution >= 0.6 is 0 Å². The molecule has 0 radical (unpaired) electrons. The molecule has 0 atom stereocenters. The molecule has 0 aliphatic heterocycles. The minimum atomic E-state index is -0.187. The Hall–Kier alpha value is -1.59. The molecule has 1 aromatic rings. The minimum Gasteiger partial charge on any atom is -0.492 e. The number of nitrogens with two attached hydrogens (primary N) is 1. The smallest absolute Gasteiger partial charge is 0.320 e. The summed E-state index contributed by atoms with van der Waals surface area (Å²) in [5.74, 6) is 0.626. The van der Waals surface area contributed by atoms with Gasteiger partial charge in [-0.2, -0.15) is 0 Å².